The molecule has 0 atom stereocenters. The van der Waals surface area contributed by atoms with E-state index in [2.05, 4.69) is 39.7 Å². The first-order valence-corrected chi connectivity index (χ1v) is 8.09. The van der Waals surface area contributed by atoms with E-state index in [9.17, 15) is 4.79 Å². The van der Waals surface area contributed by atoms with Crippen molar-refractivity contribution in [3.05, 3.63) is 0 Å². The van der Waals surface area contributed by atoms with E-state index in [1.807, 2.05) is 0 Å². The van der Waals surface area contributed by atoms with Crippen LogP contribution in [0.15, 0.2) is 4.99 Å². The Balaban J connectivity index is 0.00000242. The van der Waals surface area contributed by atoms with Gasteiger partial charge in [0.25, 0.3) is 0 Å². The van der Waals surface area contributed by atoms with Crippen LogP contribution in [0.25, 0.3) is 0 Å². The lowest BCUT2D eigenvalue weighted by Crippen LogP contribution is -2.51. The molecule has 0 aromatic heterocycles. The van der Waals surface area contributed by atoms with Gasteiger partial charge < -0.3 is 20.9 Å². The molecule has 1 heterocycles. The number of carbonyl (C=O) groups excluding carboxylic acids is 1. The zero-order valence-electron chi connectivity index (χ0n) is 13.9. The van der Waals surface area contributed by atoms with Crippen LogP contribution in [0.5, 0.6) is 0 Å². The molecule has 3 N–H and O–H groups in total. The van der Waals surface area contributed by atoms with Crippen molar-refractivity contribution in [2.45, 2.75) is 57.7 Å². The molecular formula is C15H30IN5O. The molecule has 1 aliphatic carbocycles. The average molecular weight is 423 g/mol. The minimum atomic E-state index is 0. The van der Waals surface area contributed by atoms with Gasteiger partial charge in [-0.3, -0.25) is 9.79 Å². The maximum absolute atomic E-state index is 11.7. The standard InChI is InChI=1S/C15H29N5O.HI/c1-11(2)20-8-6-13(7-9-20)19-15(16-3)17-10-14(21)18-12-4-5-12;/h11-13H,4-10H2,1-3H3,(H,18,21)(H2,16,17,19);1H. The Morgan fingerprint density at radius 2 is 1.73 bits per heavy atom. The van der Waals surface area contributed by atoms with Crippen LogP contribution in [0.3, 0.4) is 0 Å². The number of guanidine groups is 1. The Bertz CT molecular complexity index is 376. The fraction of sp³-hybridized carbons (Fsp3) is 0.867. The molecule has 22 heavy (non-hydrogen) atoms. The van der Waals surface area contributed by atoms with E-state index in [-0.39, 0.29) is 29.9 Å². The van der Waals surface area contributed by atoms with E-state index in [4.69, 9.17) is 0 Å². The van der Waals surface area contributed by atoms with Crippen LogP contribution in [0.1, 0.15) is 39.5 Å². The third-order valence-electron chi connectivity index (χ3n) is 4.18. The van der Waals surface area contributed by atoms with Crippen LogP contribution in [-0.2, 0) is 4.79 Å². The third-order valence-corrected chi connectivity index (χ3v) is 4.18. The third kappa shape index (κ3) is 6.68. The van der Waals surface area contributed by atoms with Crippen molar-refractivity contribution in [1.29, 1.82) is 0 Å². The Hall–Kier alpha value is -0.570. The molecule has 2 fully saturated rings. The van der Waals surface area contributed by atoms with E-state index in [0.29, 0.717) is 24.7 Å². The lowest BCUT2D eigenvalue weighted by molar-refractivity contribution is -0.120. The van der Waals surface area contributed by atoms with E-state index in [1.165, 1.54) is 0 Å². The molecule has 2 aliphatic rings. The average Bonchev–Trinajstić information content (AvgIpc) is 3.27. The molecule has 1 saturated heterocycles. The summed E-state index contributed by atoms with van der Waals surface area (Å²) in [6, 6.07) is 1.47. The predicted molar refractivity (Wildman–Crippen MR) is 101 cm³/mol. The van der Waals surface area contributed by atoms with Crippen molar-refractivity contribution in [1.82, 2.24) is 20.9 Å². The van der Waals surface area contributed by atoms with E-state index in [0.717, 1.165) is 44.7 Å². The van der Waals surface area contributed by atoms with Gasteiger partial charge in [0.15, 0.2) is 5.96 Å². The van der Waals surface area contributed by atoms with Gasteiger partial charge in [-0.1, -0.05) is 0 Å². The van der Waals surface area contributed by atoms with Crippen molar-refractivity contribution in [3.63, 3.8) is 0 Å². The number of aliphatic imine (C=N–C) groups is 1. The summed E-state index contributed by atoms with van der Waals surface area (Å²) >= 11 is 0. The maximum atomic E-state index is 11.7. The number of nitrogens with one attached hydrogen (secondary N) is 3. The molecule has 0 radical (unpaired) electrons. The maximum Gasteiger partial charge on any atom is 0.239 e. The van der Waals surface area contributed by atoms with E-state index >= 15 is 0 Å². The number of hydrogen-bond acceptors (Lipinski definition) is 3. The quantitative estimate of drug-likeness (QED) is 0.350. The van der Waals surface area contributed by atoms with Gasteiger partial charge in [-0.2, -0.15) is 0 Å². The van der Waals surface area contributed by atoms with Gasteiger partial charge in [0.05, 0.1) is 6.54 Å². The largest absolute Gasteiger partial charge is 0.354 e. The Labute approximate surface area is 150 Å². The molecule has 2 rings (SSSR count). The minimum absolute atomic E-state index is 0. The SMILES string of the molecule is CN=C(NCC(=O)NC1CC1)NC1CCN(C(C)C)CC1.I. The summed E-state index contributed by atoms with van der Waals surface area (Å²) in [5.74, 6) is 0.777. The minimum Gasteiger partial charge on any atom is -0.354 e. The second-order valence-corrected chi connectivity index (χ2v) is 6.32. The summed E-state index contributed by atoms with van der Waals surface area (Å²) in [4.78, 5) is 18.4. The summed E-state index contributed by atoms with van der Waals surface area (Å²) in [6.45, 7) is 7.02. The molecule has 128 valence electrons. The monoisotopic (exact) mass is 423 g/mol. The summed E-state index contributed by atoms with van der Waals surface area (Å²) in [7, 11) is 1.75. The molecule has 7 heteroatoms. The number of piperidine rings is 1. The fourth-order valence-corrected chi connectivity index (χ4v) is 2.62. The molecule has 6 nitrogen and oxygen atoms in total. The summed E-state index contributed by atoms with van der Waals surface area (Å²) in [6.07, 6.45) is 4.47. The highest BCUT2D eigenvalue weighted by Gasteiger charge is 2.24. The number of nitrogens with zero attached hydrogens (tertiary/aromatic N) is 2. The number of amides is 1. The Kier molecular flexibility index (Phi) is 8.45. The van der Waals surface area contributed by atoms with Gasteiger partial charge in [-0.15, -0.1) is 24.0 Å². The summed E-state index contributed by atoms with van der Waals surface area (Å²) < 4.78 is 0. The fourth-order valence-electron chi connectivity index (χ4n) is 2.62. The van der Waals surface area contributed by atoms with Crippen LogP contribution in [0, 0.1) is 0 Å². The van der Waals surface area contributed by atoms with Gasteiger partial charge >= 0.3 is 0 Å². The van der Waals surface area contributed by atoms with Crippen LogP contribution in [0.4, 0.5) is 0 Å². The normalized spacial score (nSPS) is 20.5. The smallest absolute Gasteiger partial charge is 0.239 e. The van der Waals surface area contributed by atoms with Crippen molar-refractivity contribution in [2.24, 2.45) is 4.99 Å². The summed E-state index contributed by atoms with van der Waals surface area (Å²) in [5.41, 5.74) is 0. The molecule has 0 spiro atoms. The summed E-state index contributed by atoms with van der Waals surface area (Å²) in [5, 5.41) is 9.48. The van der Waals surface area contributed by atoms with E-state index < -0.39 is 0 Å². The predicted octanol–water partition coefficient (Wildman–Crippen LogP) is 0.921. The number of carbonyl (C=O) groups is 1. The van der Waals surface area contributed by atoms with Gasteiger partial charge in [-0.25, -0.2) is 0 Å². The van der Waals surface area contributed by atoms with Crippen molar-refractivity contribution in [2.75, 3.05) is 26.7 Å². The van der Waals surface area contributed by atoms with Crippen LogP contribution >= 0.6 is 24.0 Å². The number of halogens is 1. The number of hydrogen-bond donors (Lipinski definition) is 3. The van der Waals surface area contributed by atoms with Crippen molar-refractivity contribution >= 4 is 35.8 Å². The van der Waals surface area contributed by atoms with Gasteiger partial charge in [0, 0.05) is 38.3 Å². The molecule has 0 unspecified atom stereocenters. The number of rotatable bonds is 5. The van der Waals surface area contributed by atoms with Crippen molar-refractivity contribution < 1.29 is 4.79 Å². The molecule has 0 bridgehead atoms. The van der Waals surface area contributed by atoms with Gasteiger partial charge in [0.2, 0.25) is 5.91 Å². The second kappa shape index (κ2) is 9.54. The number of likely N-dealkylation sites (tertiary alicyclic amines) is 1. The highest BCUT2D eigenvalue weighted by molar-refractivity contribution is 14.0. The first-order valence-electron chi connectivity index (χ1n) is 8.09. The molecule has 1 saturated carbocycles. The highest BCUT2D eigenvalue weighted by Crippen LogP contribution is 2.18. The van der Waals surface area contributed by atoms with Crippen LogP contribution < -0.4 is 16.0 Å². The molecule has 1 amide bonds. The lowest BCUT2D eigenvalue weighted by Gasteiger charge is -2.35. The highest BCUT2D eigenvalue weighted by atomic mass is 127. The first kappa shape index (κ1) is 19.5. The van der Waals surface area contributed by atoms with Crippen molar-refractivity contribution in [3.8, 4) is 0 Å². The molecular weight excluding hydrogens is 393 g/mol. The molecule has 0 aromatic rings. The zero-order valence-corrected chi connectivity index (χ0v) is 16.2. The first-order chi connectivity index (χ1) is 10.1. The molecule has 0 aromatic carbocycles. The lowest BCUT2D eigenvalue weighted by atomic mass is 10.0. The van der Waals surface area contributed by atoms with E-state index in [1.54, 1.807) is 7.05 Å². The molecule has 1 aliphatic heterocycles. The Morgan fingerprint density at radius 3 is 2.23 bits per heavy atom. The van der Waals surface area contributed by atoms with Crippen LogP contribution in [-0.4, -0.2) is 61.6 Å². The zero-order chi connectivity index (χ0) is 15.2. The van der Waals surface area contributed by atoms with Crippen LogP contribution in [0.2, 0.25) is 0 Å². The van der Waals surface area contributed by atoms with Gasteiger partial charge in [0.1, 0.15) is 0 Å². The second-order valence-electron chi connectivity index (χ2n) is 6.32. The Morgan fingerprint density at radius 1 is 1.14 bits per heavy atom. The topological polar surface area (TPSA) is 68.8 Å². The van der Waals surface area contributed by atoms with Gasteiger partial charge in [-0.05, 0) is 39.5 Å².